The summed E-state index contributed by atoms with van der Waals surface area (Å²) in [6.45, 7) is 18.2. The van der Waals surface area contributed by atoms with Gasteiger partial charge in [-0.05, 0) is 64.2 Å². The van der Waals surface area contributed by atoms with Gasteiger partial charge in [-0.2, -0.15) is 0 Å². The summed E-state index contributed by atoms with van der Waals surface area (Å²) in [7, 11) is -1.34. The van der Waals surface area contributed by atoms with E-state index in [0.717, 1.165) is 24.0 Å². The Kier molecular flexibility index (Phi) is 15.0. The molecular weight excluding hydrogens is 649 g/mol. The van der Waals surface area contributed by atoms with Gasteiger partial charge in [-0.3, -0.25) is 0 Å². The average molecular weight is 705 g/mol. The molecule has 0 aliphatic heterocycles. The number of carbonyl (C=O) groups excluding carboxylic acids is 1. The Morgan fingerprint density at radius 1 is 0.824 bits per heavy atom. The predicted octanol–water partition coefficient (Wildman–Crippen LogP) is 9.49. The van der Waals surface area contributed by atoms with E-state index in [4.69, 9.17) is 18.6 Å². The Bertz CT molecular complexity index is 1610. The number of carbonyl (C=O) groups is 1. The third-order valence-electron chi connectivity index (χ3n) is 9.51. The van der Waals surface area contributed by atoms with Gasteiger partial charge in [-0.15, -0.1) is 13.2 Å². The molecule has 0 bridgehead atoms. The number of hydrogen-bond donors (Lipinski definition) is 0. The van der Waals surface area contributed by atoms with Crippen LogP contribution in [0, 0.1) is 5.92 Å². The highest BCUT2D eigenvalue weighted by molar-refractivity contribution is 6.99. The number of benzene rings is 4. The highest BCUT2D eigenvalue weighted by Crippen LogP contribution is 2.39. The Labute approximate surface area is 307 Å². The summed E-state index contributed by atoms with van der Waals surface area (Å²) >= 11 is 0. The van der Waals surface area contributed by atoms with E-state index >= 15 is 0 Å². The lowest BCUT2D eigenvalue weighted by Crippen LogP contribution is -2.68. The Hall–Kier alpha value is -4.23. The van der Waals surface area contributed by atoms with Crippen LogP contribution in [0.2, 0.25) is 5.04 Å². The summed E-state index contributed by atoms with van der Waals surface area (Å²) in [4.78, 5) is 14.2. The zero-order chi connectivity index (χ0) is 36.7. The normalized spacial score (nSPS) is 13.5. The number of esters is 1. The van der Waals surface area contributed by atoms with Crippen molar-refractivity contribution in [3.63, 3.8) is 0 Å². The maximum Gasteiger partial charge on any atom is 0.342 e. The summed E-state index contributed by atoms with van der Waals surface area (Å²) in [5, 5.41) is 2.21. The monoisotopic (exact) mass is 704 g/mol. The molecule has 4 aromatic rings. The first-order chi connectivity index (χ1) is 24.6. The Balaban J connectivity index is 1.71. The predicted molar refractivity (Wildman–Crippen MR) is 213 cm³/mol. The summed E-state index contributed by atoms with van der Waals surface area (Å²) < 4.78 is 26.0. The molecule has 4 aromatic carbocycles. The van der Waals surface area contributed by atoms with Gasteiger partial charge in [0.2, 0.25) is 0 Å². The van der Waals surface area contributed by atoms with E-state index in [1.165, 1.54) is 10.4 Å². The lowest BCUT2D eigenvalue weighted by molar-refractivity contribution is 0.00295. The molecule has 51 heavy (non-hydrogen) atoms. The van der Waals surface area contributed by atoms with Crippen LogP contribution in [0.15, 0.2) is 135 Å². The van der Waals surface area contributed by atoms with Crippen LogP contribution in [-0.4, -0.2) is 40.2 Å². The Morgan fingerprint density at radius 2 is 1.43 bits per heavy atom. The van der Waals surface area contributed by atoms with E-state index < -0.39 is 20.4 Å². The fourth-order valence-corrected chi connectivity index (χ4v) is 11.7. The molecular formula is C45H56O5Si. The van der Waals surface area contributed by atoms with Crippen LogP contribution in [0.4, 0.5) is 0 Å². The van der Waals surface area contributed by atoms with Crippen LogP contribution in [0.25, 0.3) is 0 Å². The second kappa shape index (κ2) is 19.4. The standard InChI is InChI=1S/C45H56O5Si/c1-8-21-35(3)42(50-51(45(4,5)6,39-27-15-11-16-28-39)40-29-17-12-18-30-40)33-38(26-20-32-48-34-36-23-13-10-14-24-36)49-44(46)43-37(22-9-2)25-19-31-41(43)47-7/h8-19,23-25,27-31,35,38,42H,1-2,20-22,26,32-34H2,3-7H3/t35-,38-,42+/m0/s1. The van der Waals surface area contributed by atoms with Crippen LogP contribution in [0.1, 0.15) is 74.9 Å². The van der Waals surface area contributed by atoms with E-state index in [0.29, 0.717) is 43.8 Å². The molecule has 0 aliphatic carbocycles. The molecule has 0 saturated carbocycles. The van der Waals surface area contributed by atoms with Crippen molar-refractivity contribution in [2.24, 2.45) is 5.92 Å². The van der Waals surface area contributed by atoms with E-state index in [2.05, 4.69) is 114 Å². The highest BCUT2D eigenvalue weighted by atomic mass is 28.4. The quantitative estimate of drug-likeness (QED) is 0.0397. The maximum atomic E-state index is 14.2. The van der Waals surface area contributed by atoms with Crippen LogP contribution >= 0.6 is 0 Å². The molecule has 0 unspecified atom stereocenters. The van der Waals surface area contributed by atoms with Gasteiger partial charge in [-0.25, -0.2) is 4.79 Å². The van der Waals surface area contributed by atoms with Crippen molar-refractivity contribution in [1.29, 1.82) is 0 Å². The third-order valence-corrected chi connectivity index (χ3v) is 14.6. The van der Waals surface area contributed by atoms with Crippen molar-refractivity contribution in [2.75, 3.05) is 13.7 Å². The molecule has 0 amide bonds. The number of hydrogen-bond acceptors (Lipinski definition) is 5. The fraction of sp³-hybridized carbons (Fsp3) is 0.356. The minimum atomic E-state index is -2.92. The molecule has 0 spiro atoms. The molecule has 0 heterocycles. The van der Waals surface area contributed by atoms with Crippen LogP contribution in [0.5, 0.6) is 5.75 Å². The van der Waals surface area contributed by atoms with Gasteiger partial charge in [0.25, 0.3) is 8.32 Å². The third kappa shape index (κ3) is 10.4. The van der Waals surface area contributed by atoms with Gasteiger partial charge in [0.15, 0.2) is 0 Å². The number of allylic oxidation sites excluding steroid dienone is 2. The van der Waals surface area contributed by atoms with Crippen molar-refractivity contribution in [2.45, 2.75) is 83.7 Å². The first kappa shape index (κ1) is 39.6. The maximum absolute atomic E-state index is 14.2. The first-order valence-electron chi connectivity index (χ1n) is 18.1. The molecule has 0 fully saturated rings. The van der Waals surface area contributed by atoms with E-state index in [1.54, 1.807) is 19.3 Å². The summed E-state index contributed by atoms with van der Waals surface area (Å²) in [5.41, 5.74) is 2.39. The van der Waals surface area contributed by atoms with Crippen LogP contribution in [-0.2, 0) is 26.9 Å². The minimum absolute atomic E-state index is 0.113. The van der Waals surface area contributed by atoms with Crippen molar-refractivity contribution in [1.82, 2.24) is 0 Å². The SMILES string of the molecule is C=CCc1cccc(OC)c1C(=O)O[C@@H](CCCOCc1ccccc1)C[C@@H](O[Si](c1ccccc1)(c1ccccc1)C(C)(C)C)[C@@H](C)CC=C. The number of rotatable bonds is 20. The molecule has 0 radical (unpaired) electrons. The van der Waals surface area contributed by atoms with Crippen molar-refractivity contribution in [3.05, 3.63) is 151 Å². The van der Waals surface area contributed by atoms with Gasteiger partial charge in [-0.1, -0.05) is 143 Å². The van der Waals surface area contributed by atoms with E-state index in [9.17, 15) is 4.79 Å². The van der Waals surface area contributed by atoms with Gasteiger partial charge in [0, 0.05) is 13.0 Å². The summed E-state index contributed by atoms with van der Waals surface area (Å²) in [6.07, 6.45) is 6.23. The molecule has 270 valence electrons. The van der Waals surface area contributed by atoms with Gasteiger partial charge >= 0.3 is 5.97 Å². The molecule has 6 heteroatoms. The second-order valence-electron chi connectivity index (χ2n) is 14.3. The lowest BCUT2D eigenvalue weighted by Gasteiger charge is -2.46. The molecule has 5 nitrogen and oxygen atoms in total. The fourth-order valence-electron chi connectivity index (χ4n) is 6.91. The Morgan fingerprint density at radius 3 is 1.98 bits per heavy atom. The largest absolute Gasteiger partial charge is 0.496 e. The van der Waals surface area contributed by atoms with Crippen LogP contribution < -0.4 is 15.1 Å². The number of methoxy groups -OCH3 is 1. The van der Waals surface area contributed by atoms with Crippen LogP contribution in [0.3, 0.4) is 0 Å². The second-order valence-corrected chi connectivity index (χ2v) is 18.5. The van der Waals surface area contributed by atoms with Gasteiger partial charge < -0.3 is 18.6 Å². The zero-order valence-corrected chi connectivity index (χ0v) is 32.2. The number of ether oxygens (including phenoxy) is 3. The average Bonchev–Trinajstić information content (AvgIpc) is 3.13. The zero-order valence-electron chi connectivity index (χ0n) is 31.2. The smallest absolute Gasteiger partial charge is 0.342 e. The molecule has 0 aliphatic rings. The van der Waals surface area contributed by atoms with E-state index in [1.807, 2.05) is 36.4 Å². The van der Waals surface area contributed by atoms with Gasteiger partial charge in [0.1, 0.15) is 17.4 Å². The summed E-state index contributed by atoms with van der Waals surface area (Å²) in [5.74, 6) is 0.201. The van der Waals surface area contributed by atoms with E-state index in [-0.39, 0.29) is 17.1 Å². The van der Waals surface area contributed by atoms with Crippen molar-refractivity contribution < 1.29 is 23.4 Å². The topological polar surface area (TPSA) is 54.0 Å². The van der Waals surface area contributed by atoms with Gasteiger partial charge in [0.05, 0.1) is 19.8 Å². The van der Waals surface area contributed by atoms with Crippen molar-refractivity contribution in [3.8, 4) is 5.75 Å². The molecule has 0 saturated heterocycles. The molecule has 0 N–H and O–H groups in total. The molecule has 0 aromatic heterocycles. The summed E-state index contributed by atoms with van der Waals surface area (Å²) in [6, 6.07) is 37.2. The molecule has 4 rings (SSSR count). The van der Waals surface area contributed by atoms with Crippen molar-refractivity contribution >= 4 is 24.7 Å². The minimum Gasteiger partial charge on any atom is -0.496 e. The first-order valence-corrected chi connectivity index (χ1v) is 20.0. The highest BCUT2D eigenvalue weighted by Gasteiger charge is 2.52. The lowest BCUT2D eigenvalue weighted by atomic mass is 9.94. The molecule has 3 atom stereocenters.